The predicted molar refractivity (Wildman–Crippen MR) is 152 cm³/mol. The van der Waals surface area contributed by atoms with Crippen LogP contribution < -0.4 is 11.6 Å². The predicted octanol–water partition coefficient (Wildman–Crippen LogP) is -1.08. The van der Waals surface area contributed by atoms with Crippen LogP contribution in [0.3, 0.4) is 0 Å². The summed E-state index contributed by atoms with van der Waals surface area (Å²) in [6.45, 7) is 6.54. The number of amides is 3. The zero-order valence-electron chi connectivity index (χ0n) is 24.0. The lowest BCUT2D eigenvalue weighted by atomic mass is 9.90. The van der Waals surface area contributed by atoms with Crippen LogP contribution in [0.2, 0.25) is 0 Å². The lowest BCUT2D eigenvalue weighted by molar-refractivity contribution is -0.179. The Hall–Kier alpha value is -3.71. The van der Waals surface area contributed by atoms with Gasteiger partial charge in [-0.2, -0.15) is 0 Å². The molecule has 1 aromatic heterocycles. The number of ketones is 1. The number of ether oxygens (including phenoxy) is 1. The maximum atomic E-state index is 13.6. The van der Waals surface area contributed by atoms with Crippen LogP contribution in [0.5, 0.6) is 0 Å². The molecule has 43 heavy (non-hydrogen) atoms. The molecule has 0 bridgehead atoms. The van der Waals surface area contributed by atoms with Crippen LogP contribution in [-0.2, 0) is 43.0 Å². The third-order valence-corrected chi connectivity index (χ3v) is 9.13. The molecule has 230 valence electrons. The molecule has 3 fully saturated rings. The van der Waals surface area contributed by atoms with Crippen molar-refractivity contribution in [3.8, 4) is 0 Å². The van der Waals surface area contributed by atoms with E-state index >= 15 is 0 Å². The second-order valence-electron chi connectivity index (χ2n) is 11.5. The van der Waals surface area contributed by atoms with E-state index in [1.54, 1.807) is 20.8 Å². The fourth-order valence-electron chi connectivity index (χ4n) is 4.52. The fourth-order valence-corrected chi connectivity index (χ4v) is 6.80. The minimum absolute atomic E-state index is 0.0695. The van der Waals surface area contributed by atoms with Crippen molar-refractivity contribution < 1.29 is 43.0 Å². The average Bonchev–Trinajstić information content (AvgIpc) is 3.50. The number of fused-ring (bicyclic) bond motifs is 1. The number of carbonyl (C=O) groups is 6. The summed E-state index contributed by atoms with van der Waals surface area (Å²) >= 11 is 1.91. The maximum absolute atomic E-state index is 13.6. The Morgan fingerprint density at radius 3 is 2.42 bits per heavy atom. The highest BCUT2D eigenvalue weighted by atomic mass is 32.2. The molecule has 3 aliphatic rings. The van der Waals surface area contributed by atoms with E-state index in [2.05, 4.69) is 14.8 Å². The minimum atomic E-state index is -1.83. The number of aromatic nitrogens is 1. The SMILES string of the molecule is [B]OC(=O)[C@@]1(N2CC(=O)N(N)CC2=O)CN2C(=O)C(CC(=O)/C(=N\OC(C)(C)C(=O)OC(C)(C)C)c3csc(N)n3)[C@H]2S1. The van der Waals surface area contributed by atoms with Crippen molar-refractivity contribution >= 4 is 77.4 Å². The van der Waals surface area contributed by atoms with Crippen LogP contribution in [0.25, 0.3) is 0 Å². The molecule has 1 unspecified atom stereocenters. The summed E-state index contributed by atoms with van der Waals surface area (Å²) in [4.78, 5) is 87.4. The molecule has 16 nitrogen and oxygen atoms in total. The highest BCUT2D eigenvalue weighted by Crippen LogP contribution is 2.52. The maximum Gasteiger partial charge on any atom is 0.378 e. The van der Waals surface area contributed by atoms with Gasteiger partial charge in [-0.05, 0) is 34.6 Å². The monoisotopic (exact) mass is 635 g/mol. The van der Waals surface area contributed by atoms with Gasteiger partial charge in [0.15, 0.2) is 16.6 Å². The van der Waals surface area contributed by atoms with E-state index in [4.69, 9.17) is 29.2 Å². The normalized spacial score (nSPS) is 24.5. The lowest BCUT2D eigenvalue weighted by Gasteiger charge is -2.41. The first-order valence-corrected chi connectivity index (χ1v) is 14.7. The highest BCUT2D eigenvalue weighted by Gasteiger charge is 2.66. The van der Waals surface area contributed by atoms with Gasteiger partial charge in [0.05, 0.1) is 17.8 Å². The van der Waals surface area contributed by atoms with Crippen molar-refractivity contribution in [1.82, 2.24) is 19.8 Å². The van der Waals surface area contributed by atoms with Gasteiger partial charge in [-0.3, -0.25) is 29.0 Å². The molecule has 3 atom stereocenters. The number of hydrogen-bond acceptors (Lipinski definition) is 15. The second kappa shape index (κ2) is 11.4. The van der Waals surface area contributed by atoms with Crippen LogP contribution in [0.4, 0.5) is 5.13 Å². The van der Waals surface area contributed by atoms with E-state index in [1.807, 2.05) is 0 Å². The number of esters is 1. The van der Waals surface area contributed by atoms with Gasteiger partial charge in [-0.25, -0.2) is 15.6 Å². The summed E-state index contributed by atoms with van der Waals surface area (Å²) in [6.07, 6.45) is -0.392. The Morgan fingerprint density at radius 1 is 1.16 bits per heavy atom. The number of carbonyl (C=O) groups excluding carboxylic acids is 6. The topological polar surface area (TPSA) is 217 Å². The fraction of sp³-hybridized carbons (Fsp3) is 0.583. The molecule has 0 aliphatic carbocycles. The third kappa shape index (κ3) is 6.19. The number of Topliss-reactive ketones (excluding diaryl/α,β-unsaturated/α-hetero) is 1. The Labute approximate surface area is 255 Å². The largest absolute Gasteiger partial charge is 0.541 e. The number of anilines is 1. The van der Waals surface area contributed by atoms with Crippen LogP contribution in [0.1, 0.15) is 46.7 Å². The third-order valence-electron chi connectivity index (χ3n) is 6.72. The first-order valence-electron chi connectivity index (χ1n) is 12.9. The Bertz CT molecular complexity index is 1410. The summed E-state index contributed by atoms with van der Waals surface area (Å²) in [5, 5.41) is 5.52. The van der Waals surface area contributed by atoms with E-state index in [0.29, 0.717) is 0 Å². The van der Waals surface area contributed by atoms with Gasteiger partial charge in [-0.1, -0.05) is 16.9 Å². The number of nitrogens with two attached hydrogens (primary N) is 2. The number of nitrogen functional groups attached to an aromatic ring is 1. The summed E-state index contributed by atoms with van der Waals surface area (Å²) in [5.74, 6) is 0.392. The van der Waals surface area contributed by atoms with E-state index in [-0.39, 0.29) is 23.1 Å². The molecule has 3 saturated heterocycles. The minimum Gasteiger partial charge on any atom is -0.541 e. The molecule has 1 aromatic rings. The number of rotatable bonds is 9. The zero-order chi connectivity index (χ0) is 32.1. The zero-order valence-corrected chi connectivity index (χ0v) is 25.7. The average molecular weight is 635 g/mol. The molecule has 4 rings (SSSR count). The van der Waals surface area contributed by atoms with E-state index in [9.17, 15) is 28.8 Å². The smallest absolute Gasteiger partial charge is 0.378 e. The first kappa shape index (κ1) is 32.2. The van der Waals surface area contributed by atoms with Crippen molar-refractivity contribution in [1.29, 1.82) is 0 Å². The molecule has 0 saturated carbocycles. The van der Waals surface area contributed by atoms with Crippen LogP contribution in [0.15, 0.2) is 10.5 Å². The quantitative estimate of drug-likeness (QED) is 0.0629. The summed E-state index contributed by atoms with van der Waals surface area (Å²) < 4.78 is 9.85. The number of hydrogen-bond donors (Lipinski definition) is 2. The summed E-state index contributed by atoms with van der Waals surface area (Å²) in [5.41, 5.74) is 3.15. The molecule has 3 aliphatic heterocycles. The molecule has 0 aromatic carbocycles. The van der Waals surface area contributed by atoms with Gasteiger partial charge >= 0.3 is 20.0 Å². The molecule has 4 N–H and O–H groups in total. The molecule has 3 amide bonds. The van der Waals surface area contributed by atoms with Crippen molar-refractivity contribution in [2.45, 2.75) is 62.5 Å². The van der Waals surface area contributed by atoms with Gasteiger partial charge in [-0.15, -0.1) is 11.3 Å². The van der Waals surface area contributed by atoms with Gasteiger partial charge in [0.2, 0.25) is 22.3 Å². The van der Waals surface area contributed by atoms with Gasteiger partial charge in [0, 0.05) is 11.8 Å². The number of piperazine rings is 1. The van der Waals surface area contributed by atoms with Crippen LogP contribution in [-0.4, -0.2) is 110 Å². The van der Waals surface area contributed by atoms with Crippen molar-refractivity contribution in [3.05, 3.63) is 11.1 Å². The van der Waals surface area contributed by atoms with Crippen molar-refractivity contribution in [3.63, 3.8) is 0 Å². The number of thioether (sulfide) groups is 1. The van der Waals surface area contributed by atoms with Crippen LogP contribution >= 0.6 is 23.1 Å². The summed E-state index contributed by atoms with van der Waals surface area (Å²) in [7, 11) is 5.18. The number of oxime groups is 1. The molecule has 4 heterocycles. The van der Waals surface area contributed by atoms with E-state index in [0.717, 1.165) is 33.0 Å². The number of thiazole rings is 1. The molecule has 19 heteroatoms. The second-order valence-corrected chi connectivity index (χ2v) is 13.8. The van der Waals surface area contributed by atoms with Crippen LogP contribution in [0, 0.1) is 5.92 Å². The lowest BCUT2D eigenvalue weighted by Crippen LogP contribution is -2.66. The molecular weight excluding hydrogens is 605 g/mol. The van der Waals surface area contributed by atoms with Crippen molar-refractivity contribution in [2.75, 3.05) is 25.4 Å². The first-order chi connectivity index (χ1) is 19.9. The van der Waals surface area contributed by atoms with E-state index < -0.39 is 82.3 Å². The summed E-state index contributed by atoms with van der Waals surface area (Å²) in [6, 6.07) is 0. The van der Waals surface area contributed by atoms with Gasteiger partial charge in [0.1, 0.15) is 24.4 Å². The molecule has 0 spiro atoms. The van der Waals surface area contributed by atoms with Gasteiger partial charge < -0.3 is 29.8 Å². The Morgan fingerprint density at radius 2 is 1.84 bits per heavy atom. The molecular formula is C24H30BN7O9S2. The Balaban J connectivity index is 1.57. The van der Waals surface area contributed by atoms with Gasteiger partial charge in [0.25, 0.3) is 5.91 Å². The standard InChI is InChI=1S/C24H30BN7O9S2/c1-22(2,3)39-19(37)23(4,5)41-29-16(12-9-42-21(26)28-12)13(33)6-11-17(36)30-10-24(20(38)40-25,43-18(11)30)31-7-15(35)32(27)8-14(31)34/h9,11,18H,6-8,10,27H2,1-5H3,(H2,26,28)/b29-16-/t11?,18-,24-/m1/s1. The molecule has 2 radical (unpaired) electrons. The number of nitrogens with zero attached hydrogens (tertiary/aromatic N) is 5. The number of hydrazine groups is 1. The Kier molecular flexibility index (Phi) is 8.56. The van der Waals surface area contributed by atoms with E-state index in [1.165, 1.54) is 24.1 Å². The van der Waals surface area contributed by atoms with Crippen molar-refractivity contribution in [2.24, 2.45) is 16.9 Å². The number of β-lactam (4-membered cyclic amide) rings is 1. The highest BCUT2D eigenvalue weighted by molar-refractivity contribution is 8.02.